The Bertz CT molecular complexity index is 1810. The first-order chi connectivity index (χ1) is 21.4. The smallest absolute Gasteiger partial charge is 0.296 e. The maximum Gasteiger partial charge on any atom is 0.296 e. The van der Waals surface area contributed by atoms with E-state index in [1.54, 1.807) is 31.2 Å². The number of Topliss-reactive ketones (excluding diaryl/α,β-unsaturated/α-hetero) is 1. The lowest BCUT2D eigenvalue weighted by Gasteiger charge is -2.22. The molecule has 0 spiro atoms. The molecule has 0 radical (unpaired) electrons. The number of hydrogen-bond acceptors (Lipinski definition) is 7. The standard InChI is InChI=1S/C33H30F3IN4O4/c1-32(17-38,20-7-8-20)40-16-26(42)23-14-19(6-11-27(23)44-3)22-15-24-28(30(43)39-2)29(18-4-9-21(34)10-5-18)45-31(24)41-25(22)12-13-33(35,36)37/h4-6,9-11,14-15,20,40H,7-8,12-13,16H2,1-3H3,(H,39,43). The van der Waals surface area contributed by atoms with Crippen molar-refractivity contribution in [3.05, 3.63) is 71.2 Å². The number of methoxy groups -OCH3 is 1. The van der Waals surface area contributed by atoms with Crippen LogP contribution in [0.1, 0.15) is 52.6 Å². The highest BCUT2D eigenvalue weighted by Gasteiger charge is 2.42. The molecule has 0 saturated heterocycles. The molecule has 1 aliphatic carbocycles. The Kier molecular flexibility index (Phi) is 9.23. The summed E-state index contributed by atoms with van der Waals surface area (Å²) in [5.41, 5.74) is 1.19. The minimum Gasteiger partial charge on any atom is -0.496 e. The zero-order valence-corrected chi connectivity index (χ0v) is 26.9. The zero-order chi connectivity index (χ0) is 32.5. The van der Waals surface area contributed by atoms with Crippen LogP contribution in [-0.4, -0.2) is 46.8 Å². The van der Waals surface area contributed by atoms with Crippen LogP contribution < -0.4 is 15.4 Å². The van der Waals surface area contributed by atoms with Crippen LogP contribution in [-0.2, 0) is 6.42 Å². The molecule has 1 fully saturated rings. The van der Waals surface area contributed by atoms with Gasteiger partial charge in [0.05, 0.1) is 41.9 Å². The minimum atomic E-state index is -3.01. The average molecular weight is 731 g/mol. The monoisotopic (exact) mass is 730 g/mol. The maximum atomic E-state index is 14.0. The number of carbonyl (C=O) groups is 2. The first-order valence-electron chi connectivity index (χ1n) is 14.3. The molecule has 2 N–H and O–H groups in total. The summed E-state index contributed by atoms with van der Waals surface area (Å²) in [6.07, 6.45) is 1.16. The fourth-order valence-corrected chi connectivity index (χ4v) is 5.57. The van der Waals surface area contributed by atoms with E-state index in [1.807, 2.05) is 0 Å². The van der Waals surface area contributed by atoms with Gasteiger partial charge in [0, 0.05) is 24.6 Å². The van der Waals surface area contributed by atoms with Crippen molar-refractivity contribution in [2.45, 2.75) is 42.1 Å². The van der Waals surface area contributed by atoms with Gasteiger partial charge >= 0.3 is 0 Å². The van der Waals surface area contributed by atoms with E-state index >= 15 is 0 Å². The number of ketones is 1. The number of rotatable bonds is 12. The molecule has 8 nitrogen and oxygen atoms in total. The van der Waals surface area contributed by atoms with Crippen LogP contribution in [0.4, 0.5) is 13.2 Å². The molecule has 0 bridgehead atoms. The Hall–Kier alpha value is -3.96. The normalized spacial score (nSPS) is 14.5. The summed E-state index contributed by atoms with van der Waals surface area (Å²) in [6, 6.07) is 14.2. The number of pyridine rings is 1. The molecule has 45 heavy (non-hydrogen) atoms. The number of fused-ring (bicyclic) bond motifs is 1. The second-order valence-electron chi connectivity index (χ2n) is 11.1. The van der Waals surface area contributed by atoms with Crippen LogP contribution in [0.2, 0.25) is 0 Å². The Labute approximate surface area is 271 Å². The largest absolute Gasteiger partial charge is 0.496 e. The Morgan fingerprint density at radius 1 is 1.16 bits per heavy atom. The third-order valence-corrected chi connectivity index (χ3v) is 8.56. The summed E-state index contributed by atoms with van der Waals surface area (Å²) in [6.45, 7) is 1.66. The fourth-order valence-electron chi connectivity index (χ4n) is 5.30. The minimum absolute atomic E-state index is 0.0494. The van der Waals surface area contributed by atoms with Crippen molar-refractivity contribution in [2.24, 2.45) is 5.92 Å². The fraction of sp³-hybridized carbons (Fsp3) is 0.333. The number of halogens is 4. The molecule has 4 aromatic rings. The van der Waals surface area contributed by atoms with Crippen molar-refractivity contribution < 1.29 is 31.9 Å². The van der Waals surface area contributed by atoms with Gasteiger partial charge < -0.3 is 14.5 Å². The lowest BCUT2D eigenvalue weighted by Crippen LogP contribution is -2.45. The van der Waals surface area contributed by atoms with Crippen molar-refractivity contribution in [3.63, 3.8) is 0 Å². The van der Waals surface area contributed by atoms with Gasteiger partial charge in [0.1, 0.15) is 22.9 Å². The number of nitriles is 1. The predicted molar refractivity (Wildman–Crippen MR) is 171 cm³/mol. The lowest BCUT2D eigenvalue weighted by atomic mass is 9.94. The highest BCUT2D eigenvalue weighted by molar-refractivity contribution is 14.1. The first-order valence-corrected chi connectivity index (χ1v) is 15.3. The first kappa shape index (κ1) is 32.4. The van der Waals surface area contributed by atoms with Crippen LogP contribution in [0.3, 0.4) is 0 Å². The Morgan fingerprint density at radius 2 is 1.84 bits per heavy atom. The van der Waals surface area contributed by atoms with Gasteiger partial charge in [-0.05, 0) is 103 Å². The van der Waals surface area contributed by atoms with Crippen molar-refractivity contribution in [2.75, 3.05) is 20.7 Å². The average Bonchev–Trinajstić information content (AvgIpc) is 3.83. The van der Waals surface area contributed by atoms with Gasteiger partial charge in [-0.25, -0.2) is 9.37 Å². The van der Waals surface area contributed by atoms with E-state index in [-0.39, 0.29) is 53.0 Å². The van der Waals surface area contributed by atoms with Gasteiger partial charge in [-0.1, -0.05) is 6.07 Å². The number of aromatic nitrogens is 1. The zero-order valence-electron chi connectivity index (χ0n) is 24.8. The molecule has 1 amide bonds. The molecule has 2 aromatic heterocycles. The number of nitrogens with one attached hydrogen (secondary N) is 2. The number of ether oxygens (including phenoxy) is 1. The third-order valence-electron chi connectivity index (χ3n) is 8.02. The number of furan rings is 1. The molecule has 2 heterocycles. The second kappa shape index (κ2) is 12.8. The molecular weight excluding hydrogens is 700 g/mol. The number of hydrogen-bond donors (Lipinski definition) is 2. The van der Waals surface area contributed by atoms with E-state index < -0.39 is 27.6 Å². The number of carbonyl (C=O) groups excluding carboxylic acids is 2. The van der Waals surface area contributed by atoms with E-state index in [0.717, 1.165) is 35.4 Å². The molecule has 5 rings (SSSR count). The summed E-state index contributed by atoms with van der Waals surface area (Å²) < 4.78 is 50.2. The molecule has 1 aliphatic rings. The molecule has 12 heteroatoms. The van der Waals surface area contributed by atoms with E-state index in [0.29, 0.717) is 27.8 Å². The van der Waals surface area contributed by atoms with Crippen LogP contribution in [0.15, 0.2) is 52.9 Å². The van der Waals surface area contributed by atoms with E-state index in [1.165, 1.54) is 38.4 Å². The van der Waals surface area contributed by atoms with Crippen molar-refractivity contribution in [1.82, 2.24) is 15.6 Å². The number of nitrogens with zero attached hydrogens (tertiary/aromatic N) is 2. The van der Waals surface area contributed by atoms with Crippen LogP contribution >= 0.6 is 22.6 Å². The van der Waals surface area contributed by atoms with Gasteiger partial charge in [-0.15, -0.1) is 0 Å². The second-order valence-corrected chi connectivity index (χ2v) is 12.7. The molecule has 234 valence electrons. The molecule has 2 aromatic carbocycles. The summed E-state index contributed by atoms with van der Waals surface area (Å²) in [4.78, 5) is 31.2. The predicted octanol–water partition coefficient (Wildman–Crippen LogP) is 7.09. The van der Waals surface area contributed by atoms with Gasteiger partial charge in [0.25, 0.3) is 9.84 Å². The molecule has 1 unspecified atom stereocenters. The Balaban J connectivity index is 1.64. The summed E-state index contributed by atoms with van der Waals surface area (Å²) in [5, 5.41) is 15.7. The van der Waals surface area contributed by atoms with Gasteiger partial charge in [-0.3, -0.25) is 14.9 Å². The molecular formula is C33H30F3IN4O4. The van der Waals surface area contributed by atoms with Crippen molar-refractivity contribution in [3.8, 4) is 34.3 Å². The maximum absolute atomic E-state index is 14.0. The number of aryl methyl sites for hydroxylation is 1. The van der Waals surface area contributed by atoms with Gasteiger partial charge in [0.2, 0.25) is 5.71 Å². The summed E-state index contributed by atoms with van der Waals surface area (Å²) in [7, 11) is 2.89. The lowest BCUT2D eigenvalue weighted by molar-refractivity contribution is 0.0961. The topological polar surface area (TPSA) is 117 Å². The van der Waals surface area contributed by atoms with Crippen LogP contribution in [0.25, 0.3) is 33.6 Å². The number of amides is 1. The highest BCUT2D eigenvalue weighted by atomic mass is 127. The quantitative estimate of drug-likeness (QED) is 0.0908. The molecule has 0 aliphatic heterocycles. The van der Waals surface area contributed by atoms with E-state index in [4.69, 9.17) is 9.15 Å². The number of benzene rings is 2. The Morgan fingerprint density at radius 3 is 2.44 bits per heavy atom. The van der Waals surface area contributed by atoms with Gasteiger partial charge in [-0.2, -0.15) is 14.0 Å². The van der Waals surface area contributed by atoms with Crippen molar-refractivity contribution in [1.29, 1.82) is 5.26 Å². The summed E-state index contributed by atoms with van der Waals surface area (Å²) in [5.74, 6) is -0.656. The molecule has 1 saturated carbocycles. The van der Waals surface area contributed by atoms with E-state index in [2.05, 4.69) is 21.7 Å². The summed E-state index contributed by atoms with van der Waals surface area (Å²) >= 11 is 1.07. The number of alkyl halides is 3. The van der Waals surface area contributed by atoms with E-state index in [9.17, 15) is 28.0 Å². The van der Waals surface area contributed by atoms with Crippen LogP contribution in [0.5, 0.6) is 5.75 Å². The third kappa shape index (κ3) is 6.99. The van der Waals surface area contributed by atoms with Crippen molar-refractivity contribution >= 4 is 45.4 Å². The van der Waals surface area contributed by atoms with Crippen LogP contribution in [0, 0.1) is 23.1 Å². The SMILES string of the molecule is CNC(=O)c1c(-c2ccc(F)cc2)oc2nc(CCC(F)(F)I)c(-c3ccc(OC)c(C(=O)CNC(C)(C#N)C4CC4)c3)cc12. The molecule has 1 atom stereocenters. The van der Waals surface area contributed by atoms with Gasteiger partial charge in [0.15, 0.2) is 5.78 Å². The highest BCUT2D eigenvalue weighted by Crippen LogP contribution is 2.40.